The number of rotatable bonds is 8. The Kier molecular flexibility index (Phi) is 8.74. The highest BCUT2D eigenvalue weighted by molar-refractivity contribution is 9.10. The number of hydrogen-bond acceptors (Lipinski definition) is 3. The summed E-state index contributed by atoms with van der Waals surface area (Å²) < 4.78 is 6.76. The van der Waals surface area contributed by atoms with E-state index in [1.807, 2.05) is 56.3 Å². The fraction of sp³-hybridized carbons (Fsp3) is 0.462. The van der Waals surface area contributed by atoms with E-state index >= 15 is 0 Å². The molecule has 172 valence electrons. The van der Waals surface area contributed by atoms with Crippen molar-refractivity contribution in [3.8, 4) is 5.75 Å². The van der Waals surface area contributed by atoms with Crippen LogP contribution in [0.2, 0.25) is 0 Å². The Morgan fingerprint density at radius 1 is 1.06 bits per heavy atom. The molecule has 3 rings (SSSR count). The lowest BCUT2D eigenvalue weighted by atomic mass is 9.95. The fourth-order valence-electron chi connectivity index (χ4n) is 3.97. The molecule has 32 heavy (non-hydrogen) atoms. The first-order valence-corrected chi connectivity index (χ1v) is 12.2. The van der Waals surface area contributed by atoms with Gasteiger partial charge in [0.2, 0.25) is 5.91 Å². The summed E-state index contributed by atoms with van der Waals surface area (Å²) in [6.07, 6.45) is 5.53. The Hall–Kier alpha value is -2.34. The predicted octanol–water partition coefficient (Wildman–Crippen LogP) is 5.31. The van der Waals surface area contributed by atoms with Crippen molar-refractivity contribution in [2.75, 3.05) is 6.61 Å². The molecule has 0 bridgehead atoms. The molecular formula is C26H33BrN2O3. The number of nitrogens with zero attached hydrogens (tertiary/aromatic N) is 1. The van der Waals surface area contributed by atoms with E-state index in [9.17, 15) is 9.59 Å². The second kappa shape index (κ2) is 11.5. The quantitative estimate of drug-likeness (QED) is 0.534. The van der Waals surface area contributed by atoms with Crippen LogP contribution < -0.4 is 10.1 Å². The SMILES string of the molecule is Cc1ccc(OCC(=O)N(Cc2ccc(Br)cc2)[C@H](C)C(=O)NC2CCCCC2)cc1C. The molecule has 1 atom stereocenters. The van der Waals surface area contributed by atoms with Gasteiger partial charge in [-0.1, -0.05) is 53.4 Å². The van der Waals surface area contributed by atoms with Crippen LogP contribution in [0.5, 0.6) is 5.75 Å². The van der Waals surface area contributed by atoms with E-state index < -0.39 is 6.04 Å². The highest BCUT2D eigenvalue weighted by atomic mass is 79.9. The van der Waals surface area contributed by atoms with E-state index in [-0.39, 0.29) is 24.5 Å². The molecular weight excluding hydrogens is 468 g/mol. The minimum absolute atomic E-state index is 0.103. The van der Waals surface area contributed by atoms with Gasteiger partial charge in [0.25, 0.3) is 5.91 Å². The van der Waals surface area contributed by atoms with E-state index in [4.69, 9.17) is 4.74 Å². The van der Waals surface area contributed by atoms with Gasteiger partial charge in [-0.2, -0.15) is 0 Å². The molecule has 0 unspecified atom stereocenters. The number of aryl methyl sites for hydroxylation is 2. The van der Waals surface area contributed by atoms with Gasteiger partial charge in [-0.25, -0.2) is 0 Å². The first-order chi connectivity index (χ1) is 15.3. The number of carbonyl (C=O) groups is 2. The lowest BCUT2D eigenvalue weighted by Crippen LogP contribution is -2.51. The monoisotopic (exact) mass is 500 g/mol. The van der Waals surface area contributed by atoms with Gasteiger partial charge in [-0.15, -0.1) is 0 Å². The standard InChI is InChI=1S/C26H33BrN2O3/c1-18-9-14-24(15-19(18)2)32-17-25(30)29(16-21-10-12-22(27)13-11-21)20(3)26(31)28-23-7-5-4-6-8-23/h9-15,20,23H,4-8,16-17H2,1-3H3,(H,28,31)/t20-/m1/s1. The molecule has 2 aromatic rings. The second-order valence-electron chi connectivity index (χ2n) is 8.70. The summed E-state index contributed by atoms with van der Waals surface area (Å²) in [6, 6.07) is 13.2. The number of benzene rings is 2. The van der Waals surface area contributed by atoms with E-state index in [1.165, 1.54) is 12.0 Å². The molecule has 1 N–H and O–H groups in total. The third-order valence-corrected chi connectivity index (χ3v) is 6.75. The number of ether oxygens (including phenoxy) is 1. The van der Waals surface area contributed by atoms with Crippen molar-refractivity contribution in [2.45, 2.75) is 71.5 Å². The molecule has 1 aliphatic rings. The van der Waals surface area contributed by atoms with Crippen molar-refractivity contribution in [2.24, 2.45) is 0 Å². The maximum absolute atomic E-state index is 13.2. The first-order valence-electron chi connectivity index (χ1n) is 11.4. The van der Waals surface area contributed by atoms with Gasteiger partial charge in [0.1, 0.15) is 11.8 Å². The van der Waals surface area contributed by atoms with Gasteiger partial charge >= 0.3 is 0 Å². The summed E-state index contributed by atoms with van der Waals surface area (Å²) in [5.41, 5.74) is 3.25. The van der Waals surface area contributed by atoms with Gasteiger partial charge in [-0.3, -0.25) is 9.59 Å². The Morgan fingerprint density at radius 2 is 1.75 bits per heavy atom. The van der Waals surface area contributed by atoms with Gasteiger partial charge in [0.05, 0.1) is 0 Å². The number of hydrogen-bond donors (Lipinski definition) is 1. The molecule has 0 aromatic heterocycles. The normalized spacial score (nSPS) is 15.1. The minimum Gasteiger partial charge on any atom is -0.484 e. The molecule has 5 nitrogen and oxygen atoms in total. The van der Waals surface area contributed by atoms with E-state index in [1.54, 1.807) is 11.8 Å². The lowest BCUT2D eigenvalue weighted by molar-refractivity contribution is -0.142. The van der Waals surface area contributed by atoms with Gasteiger partial charge in [0, 0.05) is 17.1 Å². The Bertz CT molecular complexity index is 923. The van der Waals surface area contributed by atoms with Crippen molar-refractivity contribution in [1.29, 1.82) is 0 Å². The summed E-state index contributed by atoms with van der Waals surface area (Å²) in [5, 5.41) is 3.16. The van der Waals surface area contributed by atoms with E-state index in [0.717, 1.165) is 41.3 Å². The van der Waals surface area contributed by atoms with Crippen LogP contribution in [0, 0.1) is 13.8 Å². The number of nitrogens with one attached hydrogen (secondary N) is 1. The van der Waals surface area contributed by atoms with Crippen LogP contribution in [-0.4, -0.2) is 35.4 Å². The maximum Gasteiger partial charge on any atom is 0.261 e. The highest BCUT2D eigenvalue weighted by Crippen LogP contribution is 2.20. The summed E-state index contributed by atoms with van der Waals surface area (Å²) in [5.74, 6) is 0.343. The first kappa shape index (κ1) is 24.3. The van der Waals surface area contributed by atoms with Crippen LogP contribution in [0.4, 0.5) is 0 Å². The van der Waals surface area contributed by atoms with Crippen molar-refractivity contribution in [3.63, 3.8) is 0 Å². The van der Waals surface area contributed by atoms with E-state index in [2.05, 4.69) is 21.2 Å². The number of amides is 2. The third kappa shape index (κ3) is 6.83. The van der Waals surface area contributed by atoms with Crippen LogP contribution in [0.1, 0.15) is 55.7 Å². The summed E-state index contributed by atoms with van der Waals surface area (Å²) in [6.45, 7) is 6.09. The van der Waals surface area contributed by atoms with Gasteiger partial charge in [-0.05, 0) is 74.6 Å². The lowest BCUT2D eigenvalue weighted by Gasteiger charge is -2.31. The van der Waals surface area contributed by atoms with Crippen molar-refractivity contribution < 1.29 is 14.3 Å². The molecule has 0 saturated heterocycles. The molecule has 0 heterocycles. The molecule has 1 saturated carbocycles. The predicted molar refractivity (Wildman–Crippen MR) is 131 cm³/mol. The smallest absolute Gasteiger partial charge is 0.261 e. The molecule has 0 aliphatic heterocycles. The molecule has 0 radical (unpaired) electrons. The molecule has 6 heteroatoms. The average Bonchev–Trinajstić information content (AvgIpc) is 2.79. The second-order valence-corrected chi connectivity index (χ2v) is 9.62. The van der Waals surface area contributed by atoms with Gasteiger partial charge < -0.3 is 15.0 Å². The zero-order valence-electron chi connectivity index (χ0n) is 19.2. The van der Waals surface area contributed by atoms with E-state index in [0.29, 0.717) is 12.3 Å². The average molecular weight is 501 g/mol. The van der Waals surface area contributed by atoms with Crippen molar-refractivity contribution >= 4 is 27.7 Å². The van der Waals surface area contributed by atoms with Crippen molar-refractivity contribution in [1.82, 2.24) is 10.2 Å². The summed E-state index contributed by atoms with van der Waals surface area (Å²) in [4.78, 5) is 27.8. The zero-order valence-corrected chi connectivity index (χ0v) is 20.8. The molecule has 0 spiro atoms. The maximum atomic E-state index is 13.2. The highest BCUT2D eigenvalue weighted by Gasteiger charge is 2.28. The topological polar surface area (TPSA) is 58.6 Å². The number of carbonyl (C=O) groups excluding carboxylic acids is 2. The van der Waals surface area contributed by atoms with Crippen LogP contribution in [0.15, 0.2) is 46.9 Å². The van der Waals surface area contributed by atoms with Crippen LogP contribution in [-0.2, 0) is 16.1 Å². The molecule has 2 aromatic carbocycles. The largest absolute Gasteiger partial charge is 0.484 e. The van der Waals surface area contributed by atoms with Gasteiger partial charge in [0.15, 0.2) is 6.61 Å². The number of halogens is 1. The summed E-state index contributed by atoms with van der Waals surface area (Å²) >= 11 is 3.44. The minimum atomic E-state index is -0.587. The van der Waals surface area contributed by atoms with Crippen LogP contribution >= 0.6 is 15.9 Å². The Balaban J connectivity index is 1.70. The Morgan fingerprint density at radius 3 is 2.41 bits per heavy atom. The molecule has 1 aliphatic carbocycles. The third-order valence-electron chi connectivity index (χ3n) is 6.23. The zero-order chi connectivity index (χ0) is 23.1. The summed E-state index contributed by atoms with van der Waals surface area (Å²) in [7, 11) is 0. The van der Waals surface area contributed by atoms with Crippen LogP contribution in [0.3, 0.4) is 0 Å². The Labute approximate surface area is 199 Å². The fourth-order valence-corrected chi connectivity index (χ4v) is 4.23. The molecule has 1 fully saturated rings. The molecule has 2 amide bonds. The van der Waals surface area contributed by atoms with Crippen LogP contribution in [0.25, 0.3) is 0 Å². The van der Waals surface area contributed by atoms with Crippen molar-refractivity contribution in [3.05, 3.63) is 63.6 Å².